The Morgan fingerprint density at radius 1 is 1.60 bits per heavy atom. The molecule has 2 N–H and O–H groups in total. The van der Waals surface area contributed by atoms with Crippen molar-refractivity contribution in [3.8, 4) is 5.75 Å². The highest BCUT2D eigenvalue weighted by atomic mass is 16.3. The predicted octanol–water partition coefficient (Wildman–Crippen LogP) is 1.33. The summed E-state index contributed by atoms with van der Waals surface area (Å²) >= 11 is 0. The Balaban J connectivity index is 2.32. The fourth-order valence-corrected chi connectivity index (χ4v) is 1.03. The Morgan fingerprint density at radius 3 is 3.00 bits per heavy atom. The average Bonchev–Trinajstić information content (AvgIpc) is 2.20. The Morgan fingerprint density at radius 2 is 2.40 bits per heavy atom. The summed E-state index contributed by atoms with van der Waals surface area (Å²) in [6.07, 6.45) is 5.94. The highest BCUT2D eigenvalue weighted by molar-refractivity contribution is 5.72. The molecule has 15 heavy (non-hydrogen) atoms. The van der Waals surface area contributed by atoms with Crippen LogP contribution in [0.1, 0.15) is 19.0 Å². The number of aromatic hydroxyl groups is 1. The van der Waals surface area contributed by atoms with E-state index in [4.69, 9.17) is 5.11 Å². The molecule has 0 radical (unpaired) electrons. The van der Waals surface area contributed by atoms with E-state index in [0.717, 1.165) is 12.1 Å². The van der Waals surface area contributed by atoms with Crippen molar-refractivity contribution in [2.45, 2.75) is 13.3 Å². The molecule has 1 rings (SSSR count). The van der Waals surface area contributed by atoms with E-state index < -0.39 is 0 Å². The number of aromatic nitrogens is 1. The second kappa shape index (κ2) is 5.80. The molecule has 0 unspecified atom stereocenters. The summed E-state index contributed by atoms with van der Waals surface area (Å²) in [6.45, 7) is 2.12. The van der Waals surface area contributed by atoms with E-state index in [1.807, 2.05) is 12.2 Å². The van der Waals surface area contributed by atoms with Crippen molar-refractivity contribution in [1.29, 1.82) is 0 Å². The van der Waals surface area contributed by atoms with E-state index in [0.29, 0.717) is 6.54 Å². The molecule has 1 aromatic heterocycles. The first-order chi connectivity index (χ1) is 7.18. The molecule has 4 nitrogen and oxygen atoms in total. The summed E-state index contributed by atoms with van der Waals surface area (Å²) in [4.78, 5) is 14.5. The van der Waals surface area contributed by atoms with Gasteiger partial charge in [-0.1, -0.05) is 6.08 Å². The van der Waals surface area contributed by atoms with Gasteiger partial charge in [0.2, 0.25) is 5.91 Å². The highest BCUT2D eigenvalue weighted by Gasteiger charge is 1.90. The van der Waals surface area contributed by atoms with Crippen molar-refractivity contribution < 1.29 is 9.90 Å². The maximum atomic E-state index is 10.5. The van der Waals surface area contributed by atoms with Gasteiger partial charge >= 0.3 is 0 Å². The molecule has 0 aromatic carbocycles. The minimum Gasteiger partial charge on any atom is -0.506 e. The maximum Gasteiger partial charge on any atom is 0.216 e. The first-order valence-electron chi connectivity index (χ1n) is 4.74. The molecule has 0 atom stereocenters. The van der Waals surface area contributed by atoms with Crippen LogP contribution in [-0.2, 0) is 4.79 Å². The van der Waals surface area contributed by atoms with Gasteiger partial charge in [0.1, 0.15) is 5.75 Å². The summed E-state index contributed by atoms with van der Waals surface area (Å²) < 4.78 is 0. The third-order valence-corrected chi connectivity index (χ3v) is 1.74. The first kappa shape index (κ1) is 11.2. The Hall–Kier alpha value is -1.84. The molecule has 1 heterocycles. The number of pyridine rings is 1. The van der Waals surface area contributed by atoms with Crippen molar-refractivity contribution in [3.05, 3.63) is 30.1 Å². The van der Waals surface area contributed by atoms with E-state index >= 15 is 0 Å². The van der Waals surface area contributed by atoms with Crippen molar-refractivity contribution in [1.82, 2.24) is 10.3 Å². The predicted molar refractivity (Wildman–Crippen MR) is 58.2 cm³/mol. The van der Waals surface area contributed by atoms with Crippen molar-refractivity contribution >= 4 is 12.0 Å². The number of hydrogen-bond donors (Lipinski definition) is 2. The minimum absolute atomic E-state index is 0.0221. The number of nitrogens with one attached hydrogen (secondary N) is 1. The monoisotopic (exact) mass is 206 g/mol. The van der Waals surface area contributed by atoms with Gasteiger partial charge in [-0.3, -0.25) is 9.78 Å². The van der Waals surface area contributed by atoms with Crippen LogP contribution in [0.2, 0.25) is 0 Å². The van der Waals surface area contributed by atoms with E-state index in [1.54, 1.807) is 12.1 Å². The van der Waals surface area contributed by atoms with Crippen LogP contribution >= 0.6 is 0 Å². The molecular formula is C11H14N2O2. The maximum absolute atomic E-state index is 10.5. The molecule has 4 heteroatoms. The van der Waals surface area contributed by atoms with Gasteiger partial charge in [-0.15, -0.1) is 0 Å². The molecule has 0 fully saturated rings. The van der Waals surface area contributed by atoms with Crippen LogP contribution in [0.4, 0.5) is 0 Å². The standard InChI is InChI=1S/C11H14N2O2/c1-9(14)12-7-3-2-4-10-5-6-11(15)8-13-10/h2,4-6,8,15H,3,7H2,1H3,(H,12,14). The van der Waals surface area contributed by atoms with E-state index in [9.17, 15) is 4.79 Å². The van der Waals surface area contributed by atoms with Crippen molar-refractivity contribution in [3.63, 3.8) is 0 Å². The Bertz CT molecular complexity index is 344. The highest BCUT2D eigenvalue weighted by Crippen LogP contribution is 2.06. The smallest absolute Gasteiger partial charge is 0.216 e. The normalized spacial score (nSPS) is 10.5. The number of nitrogens with zero attached hydrogens (tertiary/aromatic N) is 1. The molecule has 0 aliphatic carbocycles. The molecule has 0 aliphatic heterocycles. The first-order valence-corrected chi connectivity index (χ1v) is 4.74. The second-order valence-corrected chi connectivity index (χ2v) is 3.12. The SMILES string of the molecule is CC(=O)NCCC=Cc1ccc(O)cn1. The molecule has 80 valence electrons. The fourth-order valence-electron chi connectivity index (χ4n) is 1.03. The van der Waals surface area contributed by atoms with Crippen molar-refractivity contribution in [2.75, 3.05) is 6.54 Å². The van der Waals surface area contributed by atoms with Gasteiger partial charge in [0.05, 0.1) is 11.9 Å². The van der Waals surface area contributed by atoms with Gasteiger partial charge in [0, 0.05) is 13.5 Å². The van der Waals surface area contributed by atoms with Crippen LogP contribution in [0.15, 0.2) is 24.4 Å². The quantitative estimate of drug-likeness (QED) is 0.730. The third kappa shape index (κ3) is 4.81. The summed E-state index contributed by atoms with van der Waals surface area (Å²) in [6, 6.07) is 3.31. The van der Waals surface area contributed by atoms with E-state index in [-0.39, 0.29) is 11.7 Å². The zero-order valence-corrected chi connectivity index (χ0v) is 8.60. The number of carbonyl (C=O) groups excluding carboxylic acids is 1. The van der Waals surface area contributed by atoms with Crippen LogP contribution < -0.4 is 5.32 Å². The van der Waals surface area contributed by atoms with E-state index in [1.165, 1.54) is 13.1 Å². The molecule has 0 aliphatic rings. The van der Waals surface area contributed by atoms with Crippen LogP contribution in [-0.4, -0.2) is 22.5 Å². The lowest BCUT2D eigenvalue weighted by Crippen LogP contribution is -2.20. The van der Waals surface area contributed by atoms with Crippen LogP contribution in [0, 0.1) is 0 Å². The van der Waals surface area contributed by atoms with Crippen LogP contribution in [0.3, 0.4) is 0 Å². The van der Waals surface area contributed by atoms with Gasteiger partial charge in [0.25, 0.3) is 0 Å². The number of carbonyl (C=O) groups is 1. The lowest BCUT2D eigenvalue weighted by Gasteiger charge is -1.97. The van der Waals surface area contributed by atoms with Crippen LogP contribution in [0.25, 0.3) is 6.08 Å². The van der Waals surface area contributed by atoms with Gasteiger partial charge in [-0.05, 0) is 24.6 Å². The molecule has 0 saturated heterocycles. The molecule has 0 bridgehead atoms. The number of hydrogen-bond acceptors (Lipinski definition) is 3. The largest absolute Gasteiger partial charge is 0.506 e. The molecule has 0 saturated carbocycles. The molecule has 1 aromatic rings. The van der Waals surface area contributed by atoms with E-state index in [2.05, 4.69) is 10.3 Å². The fraction of sp³-hybridized carbons (Fsp3) is 0.273. The zero-order valence-electron chi connectivity index (χ0n) is 8.60. The lowest BCUT2D eigenvalue weighted by molar-refractivity contribution is -0.118. The number of amides is 1. The Labute approximate surface area is 88.7 Å². The zero-order chi connectivity index (χ0) is 11.1. The summed E-state index contributed by atoms with van der Waals surface area (Å²) in [5.41, 5.74) is 0.788. The molecule has 1 amide bonds. The lowest BCUT2D eigenvalue weighted by atomic mass is 10.3. The molecule has 0 spiro atoms. The summed E-state index contributed by atoms with van der Waals surface area (Å²) in [7, 11) is 0. The van der Waals surface area contributed by atoms with Gasteiger partial charge in [0.15, 0.2) is 0 Å². The molecular weight excluding hydrogens is 192 g/mol. The van der Waals surface area contributed by atoms with Crippen molar-refractivity contribution in [2.24, 2.45) is 0 Å². The Kier molecular flexibility index (Phi) is 4.34. The third-order valence-electron chi connectivity index (χ3n) is 1.74. The summed E-state index contributed by atoms with van der Waals surface area (Å²) in [5, 5.41) is 11.7. The topological polar surface area (TPSA) is 62.2 Å². The van der Waals surface area contributed by atoms with Gasteiger partial charge in [-0.2, -0.15) is 0 Å². The summed E-state index contributed by atoms with van der Waals surface area (Å²) in [5.74, 6) is 0.136. The van der Waals surface area contributed by atoms with Gasteiger partial charge < -0.3 is 10.4 Å². The second-order valence-electron chi connectivity index (χ2n) is 3.12. The number of rotatable bonds is 4. The van der Waals surface area contributed by atoms with Crippen LogP contribution in [0.5, 0.6) is 5.75 Å². The minimum atomic E-state index is -0.0221. The average molecular weight is 206 g/mol. The van der Waals surface area contributed by atoms with Gasteiger partial charge in [-0.25, -0.2) is 0 Å².